The Balaban J connectivity index is 2.26. The molecular formula is C53H101NO8. The Labute approximate surface area is 381 Å². The number of amides is 1. The van der Waals surface area contributed by atoms with Crippen LogP contribution in [-0.4, -0.2) is 87.5 Å². The molecule has 1 aliphatic heterocycles. The number of hydrogen-bond acceptors (Lipinski definition) is 8. The van der Waals surface area contributed by atoms with E-state index in [1.807, 2.05) is 0 Å². The van der Waals surface area contributed by atoms with Crippen molar-refractivity contribution in [3.05, 3.63) is 24.3 Å². The van der Waals surface area contributed by atoms with E-state index in [0.717, 1.165) is 44.9 Å². The van der Waals surface area contributed by atoms with Gasteiger partial charge in [0, 0.05) is 6.42 Å². The van der Waals surface area contributed by atoms with Crippen molar-refractivity contribution in [1.82, 2.24) is 5.32 Å². The van der Waals surface area contributed by atoms with Gasteiger partial charge in [0.25, 0.3) is 0 Å². The number of aliphatic hydroxyl groups is 5. The van der Waals surface area contributed by atoms with Crippen LogP contribution in [0.1, 0.15) is 251 Å². The number of hydrogen-bond donors (Lipinski definition) is 6. The van der Waals surface area contributed by atoms with Gasteiger partial charge in [-0.25, -0.2) is 0 Å². The molecule has 7 unspecified atom stereocenters. The van der Waals surface area contributed by atoms with Crippen LogP contribution in [0, 0.1) is 0 Å². The summed E-state index contributed by atoms with van der Waals surface area (Å²) < 4.78 is 11.3. The Kier molecular flexibility index (Phi) is 41.2. The first-order valence-electron chi connectivity index (χ1n) is 26.5. The first-order chi connectivity index (χ1) is 30.3. The molecule has 1 heterocycles. The van der Waals surface area contributed by atoms with Crippen molar-refractivity contribution in [3.8, 4) is 0 Å². The zero-order valence-electron chi connectivity index (χ0n) is 40.4. The van der Waals surface area contributed by atoms with Gasteiger partial charge in [0.05, 0.1) is 25.4 Å². The van der Waals surface area contributed by atoms with E-state index in [1.165, 1.54) is 180 Å². The molecule has 0 radical (unpaired) electrons. The van der Waals surface area contributed by atoms with Crippen LogP contribution in [0.2, 0.25) is 0 Å². The normalized spacial score (nSPS) is 20.4. The molecule has 6 N–H and O–H groups in total. The lowest BCUT2D eigenvalue weighted by Gasteiger charge is -2.40. The van der Waals surface area contributed by atoms with Crippen LogP contribution >= 0.6 is 0 Å². The van der Waals surface area contributed by atoms with Crippen LogP contribution in [0.4, 0.5) is 0 Å². The molecule has 0 aromatic heterocycles. The van der Waals surface area contributed by atoms with Crippen LogP contribution in [0.15, 0.2) is 24.3 Å². The average molecular weight is 880 g/mol. The highest BCUT2D eigenvalue weighted by Crippen LogP contribution is 2.23. The lowest BCUT2D eigenvalue weighted by atomic mass is 9.99. The number of allylic oxidation sites excluding steroid dienone is 4. The van der Waals surface area contributed by atoms with Gasteiger partial charge in [0.2, 0.25) is 5.91 Å². The molecule has 0 aromatic rings. The fourth-order valence-corrected chi connectivity index (χ4v) is 8.55. The van der Waals surface area contributed by atoms with Gasteiger partial charge in [-0.05, 0) is 44.9 Å². The molecule has 9 nitrogen and oxygen atoms in total. The predicted molar refractivity (Wildman–Crippen MR) is 258 cm³/mol. The van der Waals surface area contributed by atoms with E-state index in [0.29, 0.717) is 12.8 Å². The van der Waals surface area contributed by atoms with E-state index in [-0.39, 0.29) is 12.5 Å². The van der Waals surface area contributed by atoms with E-state index < -0.39 is 49.5 Å². The van der Waals surface area contributed by atoms with Gasteiger partial charge in [0.1, 0.15) is 24.4 Å². The molecular weight excluding hydrogens is 779 g/mol. The van der Waals surface area contributed by atoms with E-state index in [9.17, 15) is 30.3 Å². The quantitative estimate of drug-likeness (QED) is 0.0262. The van der Waals surface area contributed by atoms with Gasteiger partial charge in [-0.1, -0.05) is 224 Å². The number of nitrogens with one attached hydrogen (secondary N) is 1. The van der Waals surface area contributed by atoms with E-state index in [4.69, 9.17) is 9.47 Å². The fraction of sp³-hybridized carbons (Fsp3) is 0.906. The summed E-state index contributed by atoms with van der Waals surface area (Å²) in [5.41, 5.74) is 0. The highest BCUT2D eigenvalue weighted by molar-refractivity contribution is 5.76. The third kappa shape index (κ3) is 33.2. The molecule has 1 aliphatic rings. The molecule has 7 atom stereocenters. The molecule has 366 valence electrons. The minimum Gasteiger partial charge on any atom is -0.394 e. The molecule has 62 heavy (non-hydrogen) atoms. The second kappa shape index (κ2) is 43.6. The van der Waals surface area contributed by atoms with Gasteiger partial charge in [0.15, 0.2) is 6.29 Å². The van der Waals surface area contributed by atoms with E-state index in [2.05, 4.69) is 43.5 Å². The Bertz CT molecular complexity index is 1020. The summed E-state index contributed by atoms with van der Waals surface area (Å²) in [6.07, 6.45) is 46.1. The number of rotatable bonds is 45. The smallest absolute Gasteiger partial charge is 0.220 e. The molecule has 1 amide bonds. The Morgan fingerprint density at radius 1 is 0.548 bits per heavy atom. The minimum absolute atomic E-state index is 0.137. The third-order valence-electron chi connectivity index (χ3n) is 12.8. The van der Waals surface area contributed by atoms with E-state index >= 15 is 0 Å². The van der Waals surface area contributed by atoms with Crippen LogP contribution in [0.5, 0.6) is 0 Å². The second-order valence-corrected chi connectivity index (χ2v) is 18.7. The number of aliphatic hydroxyl groups excluding tert-OH is 5. The summed E-state index contributed by atoms with van der Waals surface area (Å²) in [6, 6.07) is -0.720. The van der Waals surface area contributed by atoms with E-state index in [1.54, 1.807) is 0 Å². The van der Waals surface area contributed by atoms with Crippen molar-refractivity contribution >= 4 is 5.91 Å². The summed E-state index contributed by atoms with van der Waals surface area (Å²) in [6.45, 7) is 3.85. The van der Waals surface area contributed by atoms with Crippen molar-refractivity contribution in [2.24, 2.45) is 0 Å². The monoisotopic (exact) mass is 880 g/mol. The Morgan fingerprint density at radius 2 is 0.952 bits per heavy atom. The maximum Gasteiger partial charge on any atom is 0.220 e. The molecule has 9 heteroatoms. The maximum atomic E-state index is 13.0. The average Bonchev–Trinajstić information content (AvgIpc) is 3.27. The van der Waals surface area contributed by atoms with Crippen molar-refractivity contribution in [1.29, 1.82) is 0 Å². The summed E-state index contributed by atoms with van der Waals surface area (Å²) >= 11 is 0. The molecule has 1 saturated heterocycles. The van der Waals surface area contributed by atoms with Gasteiger partial charge < -0.3 is 40.3 Å². The molecule has 0 aliphatic carbocycles. The summed E-state index contributed by atoms with van der Waals surface area (Å²) in [7, 11) is 0. The number of carbonyl (C=O) groups is 1. The predicted octanol–water partition coefficient (Wildman–Crippen LogP) is 12.2. The topological polar surface area (TPSA) is 149 Å². The lowest BCUT2D eigenvalue weighted by Crippen LogP contribution is -2.60. The lowest BCUT2D eigenvalue weighted by molar-refractivity contribution is -0.302. The first-order valence-corrected chi connectivity index (χ1v) is 26.5. The molecule has 0 saturated carbocycles. The zero-order chi connectivity index (χ0) is 45.1. The first kappa shape index (κ1) is 58.7. The molecule has 0 spiro atoms. The largest absolute Gasteiger partial charge is 0.394 e. The molecule has 0 aromatic carbocycles. The van der Waals surface area contributed by atoms with Crippen LogP contribution < -0.4 is 5.32 Å². The number of carbonyl (C=O) groups excluding carboxylic acids is 1. The minimum atomic E-state index is -1.55. The number of unbranched alkanes of at least 4 members (excludes halogenated alkanes) is 31. The summed E-state index contributed by atoms with van der Waals surface area (Å²) in [4.78, 5) is 13.0. The van der Waals surface area contributed by atoms with Gasteiger partial charge in [-0.15, -0.1) is 0 Å². The van der Waals surface area contributed by atoms with Crippen molar-refractivity contribution in [2.75, 3.05) is 13.2 Å². The Hall–Kier alpha value is -1.33. The van der Waals surface area contributed by atoms with Crippen molar-refractivity contribution < 1.29 is 39.8 Å². The van der Waals surface area contributed by atoms with Gasteiger partial charge in [-0.2, -0.15) is 0 Å². The molecule has 1 fully saturated rings. The summed E-state index contributed by atoms with van der Waals surface area (Å²) in [5, 5.41) is 54.6. The zero-order valence-corrected chi connectivity index (χ0v) is 40.4. The van der Waals surface area contributed by atoms with Crippen molar-refractivity contribution in [2.45, 2.75) is 294 Å². The van der Waals surface area contributed by atoms with Crippen LogP contribution in [0.3, 0.4) is 0 Å². The number of ether oxygens (including phenoxy) is 2. The molecule has 1 rings (SSSR count). The van der Waals surface area contributed by atoms with Crippen LogP contribution in [-0.2, 0) is 14.3 Å². The molecule has 0 bridgehead atoms. The van der Waals surface area contributed by atoms with Crippen molar-refractivity contribution in [3.63, 3.8) is 0 Å². The SMILES string of the molecule is CCCCCCC/C=C\C/C=C\CCCCCCCCCCCC(=O)NC(COC1OC(CO)C(O)C(O)C1O)C(O)CCCCCCCCCCCCCCCCCCCC. The van der Waals surface area contributed by atoms with Gasteiger partial charge >= 0.3 is 0 Å². The second-order valence-electron chi connectivity index (χ2n) is 18.7. The maximum absolute atomic E-state index is 13.0. The van der Waals surface area contributed by atoms with Crippen LogP contribution in [0.25, 0.3) is 0 Å². The van der Waals surface area contributed by atoms with Gasteiger partial charge in [-0.3, -0.25) is 4.79 Å². The highest BCUT2D eigenvalue weighted by Gasteiger charge is 2.44. The fourth-order valence-electron chi connectivity index (χ4n) is 8.55. The third-order valence-corrected chi connectivity index (χ3v) is 12.8. The standard InChI is InChI=1S/C53H101NO8/c1-3-5-7-9-11-13-15-17-19-21-23-24-25-27-29-31-33-35-37-39-41-43-49(57)54-46(45-61-53-52(60)51(59)50(58)48(44-55)62-53)47(56)42-40-38-36-34-32-30-28-26-22-20-18-16-14-12-10-8-6-4-2/h15,17,21,23,46-48,50-53,55-56,58-60H,3-14,16,18-20,22,24-45H2,1-2H3,(H,54,57)/b17-15-,23-21-. The highest BCUT2D eigenvalue weighted by atomic mass is 16.7. The Morgan fingerprint density at radius 3 is 1.39 bits per heavy atom. The summed E-state index contributed by atoms with van der Waals surface area (Å²) in [5.74, 6) is -0.146.